The summed E-state index contributed by atoms with van der Waals surface area (Å²) in [4.78, 5) is 11.0. The van der Waals surface area contributed by atoms with Crippen LogP contribution < -0.4 is 5.32 Å². The van der Waals surface area contributed by atoms with Crippen LogP contribution in [0.5, 0.6) is 0 Å². The number of carboxylic acids is 1. The fourth-order valence-corrected chi connectivity index (χ4v) is 2.40. The highest BCUT2D eigenvalue weighted by Gasteiger charge is 2.38. The molecule has 0 aromatic heterocycles. The van der Waals surface area contributed by atoms with Crippen LogP contribution in [0.25, 0.3) is 0 Å². The van der Waals surface area contributed by atoms with E-state index < -0.39 is 5.97 Å². The second-order valence-corrected chi connectivity index (χ2v) is 4.69. The van der Waals surface area contributed by atoms with Gasteiger partial charge in [0.25, 0.3) is 0 Å². The summed E-state index contributed by atoms with van der Waals surface area (Å²) in [5, 5.41) is 12.3. The first-order valence-corrected chi connectivity index (χ1v) is 5.72. The molecule has 15 heavy (non-hydrogen) atoms. The zero-order valence-electron chi connectivity index (χ0n) is 9.11. The Balaban J connectivity index is 1.82. The van der Waals surface area contributed by atoms with Crippen molar-refractivity contribution in [2.75, 3.05) is 7.11 Å². The van der Waals surface area contributed by atoms with Crippen molar-refractivity contribution in [3.63, 3.8) is 0 Å². The maximum Gasteiger partial charge on any atom is 0.320 e. The molecule has 0 bridgehead atoms. The third-order valence-corrected chi connectivity index (χ3v) is 3.49. The van der Waals surface area contributed by atoms with Gasteiger partial charge in [-0.3, -0.25) is 4.79 Å². The number of nitrogens with one attached hydrogen (secondary N) is 1. The van der Waals surface area contributed by atoms with Crippen LogP contribution in [0.15, 0.2) is 0 Å². The number of ether oxygens (including phenoxy) is 1. The summed E-state index contributed by atoms with van der Waals surface area (Å²) in [6.45, 7) is 0. The average Bonchev–Trinajstić information content (AvgIpc) is 2.94. The van der Waals surface area contributed by atoms with E-state index in [2.05, 4.69) is 5.32 Å². The minimum Gasteiger partial charge on any atom is -0.480 e. The van der Waals surface area contributed by atoms with Crippen molar-refractivity contribution in [3.8, 4) is 0 Å². The van der Waals surface area contributed by atoms with Crippen LogP contribution in [0, 0.1) is 5.92 Å². The third-order valence-electron chi connectivity index (χ3n) is 3.49. The van der Waals surface area contributed by atoms with Gasteiger partial charge in [0.15, 0.2) is 0 Å². The van der Waals surface area contributed by atoms with E-state index in [-0.39, 0.29) is 6.04 Å². The van der Waals surface area contributed by atoms with Gasteiger partial charge in [0, 0.05) is 13.2 Å². The number of carboxylic acid groups (broad SMARTS) is 1. The fourth-order valence-electron chi connectivity index (χ4n) is 2.40. The number of aliphatic carboxylic acids is 1. The van der Waals surface area contributed by atoms with Gasteiger partial charge in [-0.25, -0.2) is 0 Å². The van der Waals surface area contributed by atoms with Crippen molar-refractivity contribution in [3.05, 3.63) is 0 Å². The molecule has 0 aromatic rings. The standard InChI is InChI=1S/C11H19NO3/c1-15-9-5-4-8(6-9)12-10(11(13)14)7-2-3-7/h7-10,12H,2-6H2,1H3,(H,13,14). The smallest absolute Gasteiger partial charge is 0.320 e. The molecule has 4 nitrogen and oxygen atoms in total. The maximum absolute atomic E-state index is 11.0. The predicted octanol–water partition coefficient (Wildman–Crippen LogP) is 1.01. The van der Waals surface area contributed by atoms with Gasteiger partial charge in [0.2, 0.25) is 0 Å². The zero-order chi connectivity index (χ0) is 10.8. The monoisotopic (exact) mass is 213 g/mol. The molecule has 0 radical (unpaired) electrons. The van der Waals surface area contributed by atoms with Crippen LogP contribution in [0.1, 0.15) is 32.1 Å². The highest BCUT2D eigenvalue weighted by Crippen LogP contribution is 2.34. The van der Waals surface area contributed by atoms with Crippen molar-refractivity contribution in [2.45, 2.75) is 50.3 Å². The lowest BCUT2D eigenvalue weighted by atomic mass is 10.1. The number of carbonyl (C=O) groups is 1. The Morgan fingerprint density at radius 1 is 1.40 bits per heavy atom. The second kappa shape index (κ2) is 4.49. The van der Waals surface area contributed by atoms with Crippen molar-refractivity contribution in [2.24, 2.45) is 5.92 Å². The van der Waals surface area contributed by atoms with Gasteiger partial charge >= 0.3 is 5.97 Å². The Morgan fingerprint density at radius 2 is 2.13 bits per heavy atom. The van der Waals surface area contributed by atoms with E-state index in [1.165, 1.54) is 0 Å². The molecule has 0 aromatic carbocycles. The normalized spacial score (nSPS) is 32.9. The lowest BCUT2D eigenvalue weighted by Gasteiger charge is -2.19. The van der Waals surface area contributed by atoms with E-state index in [9.17, 15) is 4.79 Å². The van der Waals surface area contributed by atoms with Crippen LogP contribution in [0.4, 0.5) is 0 Å². The summed E-state index contributed by atoms with van der Waals surface area (Å²) in [6, 6.07) is 0.00209. The highest BCUT2D eigenvalue weighted by atomic mass is 16.5. The largest absolute Gasteiger partial charge is 0.480 e. The van der Waals surface area contributed by atoms with Crippen LogP contribution in [-0.2, 0) is 9.53 Å². The van der Waals surface area contributed by atoms with Gasteiger partial charge in [-0.2, -0.15) is 0 Å². The number of methoxy groups -OCH3 is 1. The van der Waals surface area contributed by atoms with Crippen LogP contribution in [0.2, 0.25) is 0 Å². The van der Waals surface area contributed by atoms with Gasteiger partial charge in [0.1, 0.15) is 6.04 Å². The summed E-state index contributed by atoms with van der Waals surface area (Å²) < 4.78 is 5.27. The second-order valence-electron chi connectivity index (χ2n) is 4.69. The molecule has 4 heteroatoms. The molecule has 0 spiro atoms. The average molecular weight is 213 g/mol. The van der Waals surface area contributed by atoms with Crippen molar-refractivity contribution < 1.29 is 14.6 Å². The Labute approximate surface area is 90.0 Å². The maximum atomic E-state index is 11.0. The third kappa shape index (κ3) is 2.69. The number of hydrogen-bond donors (Lipinski definition) is 2. The topological polar surface area (TPSA) is 58.6 Å². The van der Waals surface area contributed by atoms with E-state index in [0.29, 0.717) is 18.1 Å². The quantitative estimate of drug-likeness (QED) is 0.715. The first-order valence-electron chi connectivity index (χ1n) is 5.72. The summed E-state index contributed by atoms with van der Waals surface area (Å²) >= 11 is 0. The molecule has 0 saturated heterocycles. The molecule has 0 amide bonds. The molecule has 2 aliphatic carbocycles. The van der Waals surface area contributed by atoms with Gasteiger partial charge in [-0.1, -0.05) is 0 Å². The van der Waals surface area contributed by atoms with Crippen LogP contribution >= 0.6 is 0 Å². The van der Waals surface area contributed by atoms with Gasteiger partial charge in [-0.05, 0) is 38.0 Å². The molecular formula is C11H19NO3. The lowest BCUT2D eigenvalue weighted by Crippen LogP contribution is -2.44. The highest BCUT2D eigenvalue weighted by molar-refractivity contribution is 5.74. The predicted molar refractivity (Wildman–Crippen MR) is 55.7 cm³/mol. The molecule has 2 N–H and O–H groups in total. The number of rotatable bonds is 5. The molecule has 2 aliphatic rings. The SMILES string of the molecule is COC1CCC(NC(C(=O)O)C2CC2)C1. The first-order chi connectivity index (χ1) is 7.20. The Morgan fingerprint density at radius 3 is 2.60 bits per heavy atom. The lowest BCUT2D eigenvalue weighted by molar-refractivity contribution is -0.140. The summed E-state index contributed by atoms with van der Waals surface area (Å²) in [7, 11) is 1.72. The van der Waals surface area contributed by atoms with Crippen molar-refractivity contribution in [1.29, 1.82) is 0 Å². The van der Waals surface area contributed by atoms with Gasteiger partial charge in [0.05, 0.1) is 6.10 Å². The molecule has 0 heterocycles. The molecule has 2 rings (SSSR count). The van der Waals surface area contributed by atoms with Crippen LogP contribution in [-0.4, -0.2) is 36.4 Å². The van der Waals surface area contributed by atoms with E-state index in [4.69, 9.17) is 9.84 Å². The minimum absolute atomic E-state index is 0.316. The van der Waals surface area contributed by atoms with Crippen molar-refractivity contribution in [1.82, 2.24) is 5.32 Å². The molecule has 2 saturated carbocycles. The molecule has 86 valence electrons. The minimum atomic E-state index is -0.696. The van der Waals surface area contributed by atoms with Crippen molar-refractivity contribution >= 4 is 5.97 Å². The molecular weight excluding hydrogens is 194 g/mol. The zero-order valence-corrected chi connectivity index (χ0v) is 9.11. The Bertz CT molecular complexity index is 240. The molecule has 3 unspecified atom stereocenters. The van der Waals surface area contributed by atoms with E-state index in [1.807, 2.05) is 0 Å². The summed E-state index contributed by atoms with van der Waals surface area (Å²) in [6.07, 6.45) is 5.47. The Hall–Kier alpha value is -0.610. The first kappa shape index (κ1) is 10.9. The van der Waals surface area contributed by atoms with E-state index >= 15 is 0 Å². The molecule has 2 fully saturated rings. The number of hydrogen-bond acceptors (Lipinski definition) is 3. The molecule has 0 aliphatic heterocycles. The van der Waals surface area contributed by atoms with Gasteiger partial charge in [-0.15, -0.1) is 0 Å². The van der Waals surface area contributed by atoms with Crippen LogP contribution in [0.3, 0.4) is 0 Å². The molecule has 3 atom stereocenters. The fraction of sp³-hybridized carbons (Fsp3) is 0.909. The van der Waals surface area contributed by atoms with E-state index in [0.717, 1.165) is 32.1 Å². The van der Waals surface area contributed by atoms with E-state index in [1.54, 1.807) is 7.11 Å². The Kier molecular flexibility index (Phi) is 3.26. The summed E-state index contributed by atoms with van der Waals surface area (Å²) in [5.41, 5.74) is 0. The van der Waals surface area contributed by atoms with Gasteiger partial charge < -0.3 is 15.2 Å². The summed E-state index contributed by atoms with van der Waals surface area (Å²) in [5.74, 6) is -0.331.